The lowest BCUT2D eigenvalue weighted by Crippen LogP contribution is -2.01. The highest BCUT2D eigenvalue weighted by Gasteiger charge is 2.18. The third-order valence-corrected chi connectivity index (χ3v) is 4.24. The summed E-state index contributed by atoms with van der Waals surface area (Å²) in [7, 11) is 0. The van der Waals surface area contributed by atoms with Gasteiger partial charge in [-0.25, -0.2) is 4.39 Å². The summed E-state index contributed by atoms with van der Waals surface area (Å²) < 4.78 is 13.9. The summed E-state index contributed by atoms with van der Waals surface area (Å²) in [6.07, 6.45) is 0. The van der Waals surface area contributed by atoms with Gasteiger partial charge in [0.1, 0.15) is 5.82 Å². The van der Waals surface area contributed by atoms with Gasteiger partial charge < -0.3 is 0 Å². The Morgan fingerprint density at radius 2 is 2.12 bits per heavy atom. The molecule has 0 atom stereocenters. The molecule has 16 heavy (non-hydrogen) atoms. The molecular weight excluding hydrogens is 315 g/mol. The van der Waals surface area contributed by atoms with Crippen molar-refractivity contribution in [2.24, 2.45) is 0 Å². The lowest BCUT2D eigenvalue weighted by Gasteiger charge is -2.02. The Morgan fingerprint density at radius 1 is 1.38 bits per heavy atom. The van der Waals surface area contributed by atoms with E-state index >= 15 is 0 Å². The standard InChI is InChI=1S/C11H5BrClFOS/c12-7-4-5-16-11(7)10(15)6-2-1-3-8(14)9(6)13/h1-5H. The number of ketones is 1. The number of hydrogen-bond acceptors (Lipinski definition) is 2. The second kappa shape index (κ2) is 4.65. The summed E-state index contributed by atoms with van der Waals surface area (Å²) in [5.41, 5.74) is 0.185. The summed E-state index contributed by atoms with van der Waals surface area (Å²) in [6, 6.07) is 5.98. The summed E-state index contributed by atoms with van der Waals surface area (Å²) in [5, 5.41) is 1.65. The van der Waals surface area contributed by atoms with Crippen LogP contribution in [-0.2, 0) is 0 Å². The van der Waals surface area contributed by atoms with Crippen molar-refractivity contribution in [2.45, 2.75) is 0 Å². The van der Waals surface area contributed by atoms with E-state index in [1.165, 1.54) is 29.5 Å². The van der Waals surface area contributed by atoms with Crippen LogP contribution in [0.4, 0.5) is 4.39 Å². The molecule has 0 fully saturated rings. The lowest BCUT2D eigenvalue weighted by atomic mass is 10.1. The van der Waals surface area contributed by atoms with Crippen LogP contribution in [0.3, 0.4) is 0 Å². The average Bonchev–Trinajstić information content (AvgIpc) is 2.68. The fraction of sp³-hybridized carbons (Fsp3) is 0. The minimum atomic E-state index is -0.583. The van der Waals surface area contributed by atoms with Gasteiger partial charge >= 0.3 is 0 Å². The minimum absolute atomic E-state index is 0.132. The lowest BCUT2D eigenvalue weighted by molar-refractivity contribution is 0.104. The topological polar surface area (TPSA) is 17.1 Å². The van der Waals surface area contributed by atoms with Gasteiger partial charge in [0.05, 0.1) is 9.90 Å². The van der Waals surface area contributed by atoms with E-state index in [1.807, 2.05) is 0 Å². The SMILES string of the molecule is O=C(c1cccc(F)c1Cl)c1sccc1Br. The molecule has 0 aliphatic heterocycles. The van der Waals surface area contributed by atoms with Gasteiger partial charge in [-0.2, -0.15) is 0 Å². The Hall–Kier alpha value is -0.710. The first-order valence-corrected chi connectivity index (χ1v) is 6.38. The smallest absolute Gasteiger partial charge is 0.205 e. The van der Waals surface area contributed by atoms with Gasteiger partial charge in [0.2, 0.25) is 5.78 Å². The summed E-state index contributed by atoms with van der Waals surface area (Å²) in [4.78, 5) is 12.6. The highest BCUT2D eigenvalue weighted by molar-refractivity contribution is 9.10. The zero-order valence-electron chi connectivity index (χ0n) is 7.84. The first-order valence-electron chi connectivity index (χ1n) is 4.33. The predicted octanol–water partition coefficient (Wildman–Crippen LogP) is 4.53. The molecule has 1 aromatic carbocycles. The molecule has 1 nitrogen and oxygen atoms in total. The maximum atomic E-state index is 13.2. The minimum Gasteiger partial charge on any atom is -0.288 e. The third kappa shape index (κ3) is 2.05. The average molecular weight is 320 g/mol. The van der Waals surface area contributed by atoms with Crippen molar-refractivity contribution in [3.05, 3.63) is 55.4 Å². The van der Waals surface area contributed by atoms with Crippen molar-refractivity contribution in [1.29, 1.82) is 0 Å². The third-order valence-electron chi connectivity index (χ3n) is 2.02. The molecule has 0 aliphatic carbocycles. The largest absolute Gasteiger partial charge is 0.288 e. The monoisotopic (exact) mass is 318 g/mol. The van der Waals surface area contributed by atoms with E-state index in [0.717, 1.165) is 0 Å². The normalized spacial score (nSPS) is 10.4. The molecule has 0 saturated carbocycles. The number of thiophene rings is 1. The molecule has 0 saturated heterocycles. The predicted molar refractivity (Wildman–Crippen MR) is 66.9 cm³/mol. The Morgan fingerprint density at radius 3 is 2.75 bits per heavy atom. The summed E-state index contributed by atoms with van der Waals surface area (Å²) in [5.74, 6) is -0.855. The van der Waals surface area contributed by atoms with Crippen LogP contribution in [0.15, 0.2) is 34.1 Å². The highest BCUT2D eigenvalue weighted by atomic mass is 79.9. The van der Waals surface area contributed by atoms with Crippen LogP contribution in [0, 0.1) is 5.82 Å². The van der Waals surface area contributed by atoms with Gasteiger partial charge in [0, 0.05) is 10.0 Å². The Balaban J connectivity index is 2.50. The van der Waals surface area contributed by atoms with E-state index in [0.29, 0.717) is 9.35 Å². The van der Waals surface area contributed by atoms with Gasteiger partial charge in [-0.3, -0.25) is 4.79 Å². The molecule has 2 aromatic rings. The van der Waals surface area contributed by atoms with E-state index in [9.17, 15) is 9.18 Å². The molecule has 1 aromatic heterocycles. The van der Waals surface area contributed by atoms with E-state index < -0.39 is 5.82 Å². The first-order chi connectivity index (χ1) is 7.61. The molecule has 0 bridgehead atoms. The molecule has 0 spiro atoms. The molecule has 0 aliphatic rings. The van der Waals surface area contributed by atoms with Crippen LogP contribution in [0.2, 0.25) is 5.02 Å². The van der Waals surface area contributed by atoms with Crippen LogP contribution in [0.25, 0.3) is 0 Å². The van der Waals surface area contributed by atoms with E-state index in [2.05, 4.69) is 15.9 Å². The van der Waals surface area contributed by atoms with E-state index in [-0.39, 0.29) is 16.4 Å². The summed E-state index contributed by atoms with van der Waals surface area (Å²) in [6.45, 7) is 0. The second-order valence-electron chi connectivity index (χ2n) is 3.03. The van der Waals surface area contributed by atoms with Crippen molar-refractivity contribution >= 4 is 44.7 Å². The molecule has 1 heterocycles. The maximum Gasteiger partial charge on any atom is 0.205 e. The molecule has 0 unspecified atom stereocenters. The highest BCUT2D eigenvalue weighted by Crippen LogP contribution is 2.29. The van der Waals surface area contributed by atoms with E-state index in [4.69, 9.17) is 11.6 Å². The molecule has 2 rings (SSSR count). The van der Waals surface area contributed by atoms with Gasteiger partial charge in [-0.1, -0.05) is 17.7 Å². The fourth-order valence-electron chi connectivity index (χ4n) is 1.26. The molecular formula is C11H5BrClFOS. The van der Waals surface area contributed by atoms with Crippen LogP contribution in [0.5, 0.6) is 0 Å². The number of carbonyl (C=O) groups is 1. The number of hydrogen-bond donors (Lipinski definition) is 0. The molecule has 0 N–H and O–H groups in total. The molecule has 0 radical (unpaired) electrons. The fourth-order valence-corrected chi connectivity index (χ4v) is 2.97. The van der Waals surface area contributed by atoms with Gasteiger partial charge in [0.15, 0.2) is 0 Å². The number of carbonyl (C=O) groups excluding carboxylic acids is 1. The number of halogens is 3. The van der Waals surface area contributed by atoms with Crippen LogP contribution >= 0.6 is 38.9 Å². The van der Waals surface area contributed by atoms with Gasteiger partial charge in [0.25, 0.3) is 0 Å². The molecule has 82 valence electrons. The Bertz CT molecular complexity index is 553. The zero-order valence-corrected chi connectivity index (χ0v) is 11.0. The van der Waals surface area contributed by atoms with E-state index in [1.54, 1.807) is 11.4 Å². The molecule has 0 amide bonds. The van der Waals surface area contributed by atoms with Crippen LogP contribution < -0.4 is 0 Å². The van der Waals surface area contributed by atoms with Gasteiger partial charge in [-0.05, 0) is 39.5 Å². The molecule has 5 heteroatoms. The second-order valence-corrected chi connectivity index (χ2v) is 5.18. The quantitative estimate of drug-likeness (QED) is 0.743. The van der Waals surface area contributed by atoms with Crippen molar-refractivity contribution in [3.63, 3.8) is 0 Å². The van der Waals surface area contributed by atoms with Crippen molar-refractivity contribution < 1.29 is 9.18 Å². The van der Waals surface area contributed by atoms with Crippen molar-refractivity contribution in [2.75, 3.05) is 0 Å². The Labute approximate surface area is 109 Å². The Kier molecular flexibility index (Phi) is 3.42. The maximum absolute atomic E-state index is 13.2. The van der Waals surface area contributed by atoms with Gasteiger partial charge in [-0.15, -0.1) is 11.3 Å². The zero-order chi connectivity index (χ0) is 11.7. The van der Waals surface area contributed by atoms with Crippen LogP contribution in [0.1, 0.15) is 15.2 Å². The summed E-state index contributed by atoms with van der Waals surface area (Å²) >= 11 is 10.3. The first kappa shape index (κ1) is 11.8. The van der Waals surface area contributed by atoms with Crippen LogP contribution in [-0.4, -0.2) is 5.78 Å². The van der Waals surface area contributed by atoms with Crippen molar-refractivity contribution in [1.82, 2.24) is 0 Å². The number of rotatable bonds is 2. The number of benzene rings is 1. The van der Waals surface area contributed by atoms with Crippen molar-refractivity contribution in [3.8, 4) is 0 Å².